The van der Waals surface area contributed by atoms with E-state index in [1.54, 1.807) is 30.2 Å². The molecule has 0 spiro atoms. The first kappa shape index (κ1) is 18.3. The van der Waals surface area contributed by atoms with Crippen LogP contribution in [0.3, 0.4) is 0 Å². The number of amides is 1. The summed E-state index contributed by atoms with van der Waals surface area (Å²) in [7, 11) is 1.59. The molecular formula is C22H23N3O3. The Kier molecular flexibility index (Phi) is 4.88. The zero-order valence-corrected chi connectivity index (χ0v) is 15.8. The molecule has 6 heteroatoms. The monoisotopic (exact) mass is 377 g/mol. The zero-order valence-electron chi connectivity index (χ0n) is 15.8. The largest absolute Gasteiger partial charge is 0.497 e. The number of nitrogens with one attached hydrogen (secondary N) is 1. The molecule has 4 rings (SSSR count). The Hall–Kier alpha value is -3.12. The van der Waals surface area contributed by atoms with Crippen molar-refractivity contribution in [1.29, 1.82) is 0 Å². The molecule has 0 radical (unpaired) electrons. The molecule has 0 atom stereocenters. The number of fused-ring (bicyclic) bond motifs is 2. The molecule has 0 bridgehead atoms. The quantitative estimate of drug-likeness (QED) is 0.732. The Morgan fingerprint density at radius 1 is 1.21 bits per heavy atom. The number of ether oxygens (including phenoxy) is 1. The van der Waals surface area contributed by atoms with Crippen molar-refractivity contribution in [1.82, 2.24) is 4.98 Å². The first-order valence-electron chi connectivity index (χ1n) is 9.45. The number of aromatic amines is 1. The highest BCUT2D eigenvalue weighted by atomic mass is 16.5. The SMILES string of the molecule is COc1ccc2[nH]c(=O)c(C(=O)N3CCCc4cc(CCN)ccc43)cc2c1. The van der Waals surface area contributed by atoms with Crippen LogP contribution in [0.2, 0.25) is 0 Å². The third-order valence-corrected chi connectivity index (χ3v) is 5.22. The van der Waals surface area contributed by atoms with E-state index < -0.39 is 0 Å². The molecule has 28 heavy (non-hydrogen) atoms. The lowest BCUT2D eigenvalue weighted by Crippen LogP contribution is -2.38. The fourth-order valence-electron chi connectivity index (χ4n) is 3.80. The molecule has 0 fully saturated rings. The Morgan fingerprint density at radius 2 is 2.07 bits per heavy atom. The van der Waals surface area contributed by atoms with E-state index in [-0.39, 0.29) is 17.0 Å². The third-order valence-electron chi connectivity index (χ3n) is 5.22. The van der Waals surface area contributed by atoms with Crippen LogP contribution in [0.5, 0.6) is 5.75 Å². The van der Waals surface area contributed by atoms with Crippen molar-refractivity contribution < 1.29 is 9.53 Å². The van der Waals surface area contributed by atoms with Crippen molar-refractivity contribution in [3.05, 3.63) is 69.5 Å². The minimum Gasteiger partial charge on any atom is -0.497 e. The molecule has 1 aliphatic rings. The van der Waals surface area contributed by atoms with Gasteiger partial charge in [0.2, 0.25) is 0 Å². The van der Waals surface area contributed by atoms with Crippen molar-refractivity contribution in [2.24, 2.45) is 5.73 Å². The minimum atomic E-state index is -0.380. The number of nitrogens with zero attached hydrogens (tertiary/aromatic N) is 1. The van der Waals surface area contributed by atoms with E-state index in [1.807, 2.05) is 18.2 Å². The minimum absolute atomic E-state index is 0.139. The lowest BCUT2D eigenvalue weighted by Gasteiger charge is -2.30. The number of methoxy groups -OCH3 is 1. The van der Waals surface area contributed by atoms with Gasteiger partial charge in [-0.15, -0.1) is 0 Å². The second-order valence-corrected chi connectivity index (χ2v) is 7.03. The number of pyridine rings is 1. The van der Waals surface area contributed by atoms with Crippen LogP contribution in [-0.2, 0) is 12.8 Å². The molecule has 0 unspecified atom stereocenters. The van der Waals surface area contributed by atoms with Gasteiger partial charge in [0.15, 0.2) is 0 Å². The number of aromatic nitrogens is 1. The highest BCUT2D eigenvalue weighted by Crippen LogP contribution is 2.29. The molecule has 1 amide bonds. The van der Waals surface area contributed by atoms with Crippen molar-refractivity contribution in [2.45, 2.75) is 19.3 Å². The highest BCUT2D eigenvalue weighted by Gasteiger charge is 2.25. The standard InChI is InChI=1S/C22H23N3O3/c1-28-17-5-6-19-16(12-17)13-18(21(26)24-19)22(27)25-10-2-3-15-11-14(8-9-23)4-7-20(15)25/h4-7,11-13H,2-3,8-10,23H2,1H3,(H,24,26). The van der Waals surface area contributed by atoms with Gasteiger partial charge in [0.05, 0.1) is 7.11 Å². The predicted molar refractivity (Wildman–Crippen MR) is 110 cm³/mol. The molecule has 6 nitrogen and oxygen atoms in total. The summed E-state index contributed by atoms with van der Waals surface area (Å²) in [4.78, 5) is 30.3. The number of carbonyl (C=O) groups is 1. The van der Waals surface area contributed by atoms with Crippen LogP contribution in [0.4, 0.5) is 5.69 Å². The van der Waals surface area contributed by atoms with E-state index in [9.17, 15) is 9.59 Å². The Morgan fingerprint density at radius 3 is 2.86 bits per heavy atom. The van der Waals surface area contributed by atoms with E-state index >= 15 is 0 Å². The third kappa shape index (κ3) is 3.27. The van der Waals surface area contributed by atoms with Crippen LogP contribution in [0.1, 0.15) is 27.9 Å². The molecule has 0 aliphatic carbocycles. The normalized spacial score (nSPS) is 13.4. The molecule has 144 valence electrons. The average molecular weight is 377 g/mol. The second-order valence-electron chi connectivity index (χ2n) is 7.03. The molecule has 0 saturated carbocycles. The van der Waals surface area contributed by atoms with Gasteiger partial charge in [0.1, 0.15) is 11.3 Å². The van der Waals surface area contributed by atoms with Crippen LogP contribution in [-0.4, -0.2) is 31.1 Å². The Bertz CT molecular complexity index is 1100. The number of aryl methyl sites for hydroxylation is 1. The van der Waals surface area contributed by atoms with Crippen molar-refractivity contribution >= 4 is 22.5 Å². The van der Waals surface area contributed by atoms with Gasteiger partial charge in [0, 0.05) is 23.1 Å². The zero-order chi connectivity index (χ0) is 19.7. The van der Waals surface area contributed by atoms with E-state index in [2.05, 4.69) is 11.1 Å². The molecule has 0 saturated heterocycles. The summed E-state index contributed by atoms with van der Waals surface area (Å²) < 4.78 is 5.25. The fraction of sp³-hybridized carbons (Fsp3) is 0.273. The Balaban J connectivity index is 1.74. The summed E-state index contributed by atoms with van der Waals surface area (Å²) in [6.45, 7) is 1.19. The first-order valence-corrected chi connectivity index (χ1v) is 9.45. The van der Waals surface area contributed by atoms with E-state index in [1.165, 1.54) is 5.56 Å². The van der Waals surface area contributed by atoms with Gasteiger partial charge in [-0.25, -0.2) is 0 Å². The van der Waals surface area contributed by atoms with Crippen LogP contribution >= 0.6 is 0 Å². The number of benzene rings is 2. The maximum atomic E-state index is 13.2. The summed E-state index contributed by atoms with van der Waals surface area (Å²) in [6, 6.07) is 13.1. The highest BCUT2D eigenvalue weighted by molar-refractivity contribution is 6.08. The average Bonchev–Trinajstić information content (AvgIpc) is 2.72. The van der Waals surface area contributed by atoms with Gasteiger partial charge in [-0.2, -0.15) is 0 Å². The first-order chi connectivity index (χ1) is 13.6. The van der Waals surface area contributed by atoms with Gasteiger partial charge >= 0.3 is 0 Å². The number of anilines is 1. The van der Waals surface area contributed by atoms with Crippen molar-refractivity contribution in [3.8, 4) is 5.75 Å². The van der Waals surface area contributed by atoms with Gasteiger partial charge < -0.3 is 20.4 Å². The van der Waals surface area contributed by atoms with Crippen LogP contribution in [0, 0.1) is 0 Å². The molecule has 2 aromatic carbocycles. The van der Waals surface area contributed by atoms with Gasteiger partial charge in [0.25, 0.3) is 11.5 Å². The van der Waals surface area contributed by atoms with Crippen LogP contribution < -0.4 is 20.9 Å². The number of nitrogens with two attached hydrogens (primary N) is 1. The maximum absolute atomic E-state index is 13.2. The number of H-pyrrole nitrogens is 1. The van der Waals surface area contributed by atoms with Gasteiger partial charge in [-0.1, -0.05) is 12.1 Å². The van der Waals surface area contributed by atoms with E-state index in [4.69, 9.17) is 10.5 Å². The van der Waals surface area contributed by atoms with Crippen molar-refractivity contribution in [2.75, 3.05) is 25.1 Å². The number of hydrogen-bond acceptors (Lipinski definition) is 4. The lowest BCUT2D eigenvalue weighted by atomic mass is 9.97. The van der Waals surface area contributed by atoms with Gasteiger partial charge in [-0.05, 0) is 67.3 Å². The van der Waals surface area contributed by atoms with Crippen LogP contribution in [0.15, 0.2) is 47.3 Å². The summed E-state index contributed by atoms with van der Waals surface area (Å²) >= 11 is 0. The summed E-state index contributed by atoms with van der Waals surface area (Å²) in [5.41, 5.74) is 9.27. The van der Waals surface area contributed by atoms with E-state index in [0.29, 0.717) is 24.4 Å². The molecule has 1 aromatic heterocycles. The van der Waals surface area contributed by atoms with Crippen LogP contribution in [0.25, 0.3) is 10.9 Å². The van der Waals surface area contributed by atoms with Gasteiger partial charge in [-0.3, -0.25) is 9.59 Å². The second kappa shape index (κ2) is 7.48. The predicted octanol–water partition coefficient (Wildman–Crippen LogP) is 2.63. The molecular weight excluding hydrogens is 354 g/mol. The summed E-state index contributed by atoms with van der Waals surface area (Å²) in [5, 5.41) is 0.762. The lowest BCUT2D eigenvalue weighted by molar-refractivity contribution is 0.0984. The molecule has 3 N–H and O–H groups in total. The van der Waals surface area contributed by atoms with Crippen molar-refractivity contribution in [3.63, 3.8) is 0 Å². The molecule has 3 aromatic rings. The summed E-state index contributed by atoms with van der Waals surface area (Å²) in [5.74, 6) is 0.396. The fourth-order valence-corrected chi connectivity index (χ4v) is 3.80. The number of carbonyl (C=O) groups excluding carboxylic acids is 1. The smallest absolute Gasteiger partial charge is 0.263 e. The topological polar surface area (TPSA) is 88.4 Å². The number of rotatable bonds is 4. The maximum Gasteiger partial charge on any atom is 0.263 e. The summed E-state index contributed by atoms with van der Waals surface area (Å²) in [6.07, 6.45) is 2.60. The molecule has 1 aliphatic heterocycles. The number of hydrogen-bond donors (Lipinski definition) is 2. The molecule has 2 heterocycles. The van der Waals surface area contributed by atoms with E-state index in [0.717, 1.165) is 35.9 Å². The Labute approximate surface area is 162 Å².